The standard InChI is InChI=1S/C13H15ClN2O5/c14-5-1-2-6-7(3-5)16-13(15-6)12-11(20)10(19)9(18)8(4-17)21-12/h1-3,8-12,17-20H,4H2,(H,15,16)/t8-,9-,10+,11-,12-/m1/s1. The third-order valence-electron chi connectivity index (χ3n) is 3.62. The largest absolute Gasteiger partial charge is 0.394 e. The van der Waals surface area contributed by atoms with Crippen molar-refractivity contribution in [1.82, 2.24) is 9.97 Å². The Bertz CT molecular complexity index is 647. The van der Waals surface area contributed by atoms with Crippen molar-refractivity contribution < 1.29 is 25.2 Å². The van der Waals surface area contributed by atoms with Gasteiger partial charge in [-0.15, -0.1) is 0 Å². The summed E-state index contributed by atoms with van der Waals surface area (Å²) in [4.78, 5) is 7.24. The molecular weight excluding hydrogens is 300 g/mol. The van der Waals surface area contributed by atoms with E-state index in [-0.39, 0.29) is 0 Å². The quantitative estimate of drug-likeness (QED) is 0.521. The lowest BCUT2D eigenvalue weighted by Crippen LogP contribution is -2.55. The molecule has 8 heteroatoms. The highest BCUT2D eigenvalue weighted by Crippen LogP contribution is 2.32. The summed E-state index contributed by atoms with van der Waals surface area (Å²) >= 11 is 5.90. The number of nitrogens with zero attached hydrogens (tertiary/aromatic N) is 1. The average Bonchev–Trinajstić information content (AvgIpc) is 2.88. The lowest BCUT2D eigenvalue weighted by Gasteiger charge is -2.39. The number of aliphatic hydroxyl groups is 4. The monoisotopic (exact) mass is 314 g/mol. The number of rotatable bonds is 2. The van der Waals surface area contributed by atoms with Crippen LogP contribution in [0.2, 0.25) is 5.02 Å². The maximum Gasteiger partial charge on any atom is 0.144 e. The van der Waals surface area contributed by atoms with Gasteiger partial charge in [0.25, 0.3) is 0 Å². The second kappa shape index (κ2) is 5.53. The van der Waals surface area contributed by atoms with Crippen LogP contribution in [0.3, 0.4) is 0 Å². The first-order valence-corrected chi connectivity index (χ1v) is 6.84. The molecule has 5 N–H and O–H groups in total. The highest BCUT2D eigenvalue weighted by atomic mass is 35.5. The minimum Gasteiger partial charge on any atom is -0.394 e. The van der Waals surface area contributed by atoms with Crippen molar-refractivity contribution >= 4 is 22.6 Å². The predicted molar refractivity (Wildman–Crippen MR) is 73.8 cm³/mol. The molecule has 0 aliphatic carbocycles. The van der Waals surface area contributed by atoms with E-state index in [1.165, 1.54) is 0 Å². The number of hydrogen-bond donors (Lipinski definition) is 5. The van der Waals surface area contributed by atoms with Crippen LogP contribution in [0.15, 0.2) is 18.2 Å². The van der Waals surface area contributed by atoms with Crippen LogP contribution in [0, 0.1) is 0 Å². The molecule has 1 fully saturated rings. The van der Waals surface area contributed by atoms with E-state index >= 15 is 0 Å². The van der Waals surface area contributed by atoms with E-state index in [2.05, 4.69) is 9.97 Å². The van der Waals surface area contributed by atoms with Gasteiger partial charge in [-0.3, -0.25) is 0 Å². The Balaban J connectivity index is 1.96. The number of imidazole rings is 1. The number of halogens is 1. The van der Waals surface area contributed by atoms with Gasteiger partial charge in [0.2, 0.25) is 0 Å². The molecule has 1 aromatic heterocycles. The van der Waals surface area contributed by atoms with Crippen molar-refractivity contribution in [3.05, 3.63) is 29.0 Å². The van der Waals surface area contributed by atoms with Crippen LogP contribution >= 0.6 is 11.6 Å². The summed E-state index contributed by atoms with van der Waals surface area (Å²) in [7, 11) is 0. The number of hydrogen-bond acceptors (Lipinski definition) is 6. The molecule has 0 saturated carbocycles. The number of nitrogens with one attached hydrogen (secondary N) is 1. The molecule has 1 aromatic carbocycles. The maximum absolute atomic E-state index is 10.1. The molecule has 0 radical (unpaired) electrons. The zero-order valence-electron chi connectivity index (χ0n) is 10.8. The number of benzene rings is 1. The SMILES string of the molecule is OC[C@H]1O[C@@H](c2nc3ccc(Cl)cc3[nH]2)[C@H](O)[C@@H](O)[C@@H]1O. The minimum atomic E-state index is -1.43. The Kier molecular flexibility index (Phi) is 3.87. The molecule has 0 spiro atoms. The summed E-state index contributed by atoms with van der Waals surface area (Å²) in [5, 5.41) is 39.3. The highest BCUT2D eigenvalue weighted by molar-refractivity contribution is 6.31. The van der Waals surface area contributed by atoms with Gasteiger partial charge in [0, 0.05) is 5.02 Å². The number of aromatic nitrogens is 2. The van der Waals surface area contributed by atoms with Crippen LogP contribution in [0.1, 0.15) is 11.9 Å². The molecule has 5 atom stereocenters. The number of aromatic amines is 1. The molecule has 2 heterocycles. The van der Waals surface area contributed by atoms with Crippen LogP contribution in [0.5, 0.6) is 0 Å². The lowest BCUT2D eigenvalue weighted by atomic mass is 9.95. The van der Waals surface area contributed by atoms with Crippen molar-refractivity contribution in [1.29, 1.82) is 0 Å². The first-order chi connectivity index (χ1) is 10.0. The summed E-state index contributed by atoms with van der Waals surface area (Å²) < 4.78 is 5.44. The zero-order valence-corrected chi connectivity index (χ0v) is 11.6. The van der Waals surface area contributed by atoms with Crippen LogP contribution in [-0.4, -0.2) is 61.4 Å². The Morgan fingerprint density at radius 3 is 2.67 bits per heavy atom. The summed E-state index contributed by atoms with van der Waals surface area (Å²) in [6, 6.07) is 5.07. The van der Waals surface area contributed by atoms with Gasteiger partial charge in [0.05, 0.1) is 17.6 Å². The fraction of sp³-hybridized carbons (Fsp3) is 0.462. The van der Waals surface area contributed by atoms with Crippen LogP contribution < -0.4 is 0 Å². The molecule has 1 aliphatic heterocycles. The molecule has 7 nitrogen and oxygen atoms in total. The minimum absolute atomic E-state index is 0.296. The Morgan fingerprint density at radius 2 is 1.95 bits per heavy atom. The van der Waals surface area contributed by atoms with Gasteiger partial charge in [-0.25, -0.2) is 4.98 Å². The van der Waals surface area contributed by atoms with E-state index in [1.54, 1.807) is 18.2 Å². The number of ether oxygens (including phenoxy) is 1. The smallest absolute Gasteiger partial charge is 0.144 e. The summed E-state index contributed by atoms with van der Waals surface area (Å²) in [6.45, 7) is -0.479. The second-order valence-corrected chi connectivity index (χ2v) is 5.47. The summed E-state index contributed by atoms with van der Waals surface area (Å²) in [6.07, 6.45) is -6.13. The molecular formula is C13H15ClN2O5. The Morgan fingerprint density at radius 1 is 1.19 bits per heavy atom. The number of aliphatic hydroxyl groups excluding tert-OH is 4. The Labute approximate surface area is 124 Å². The maximum atomic E-state index is 10.1. The first kappa shape index (κ1) is 14.7. The number of H-pyrrole nitrogens is 1. The normalized spacial score (nSPS) is 33.5. The zero-order chi connectivity index (χ0) is 15.1. The second-order valence-electron chi connectivity index (χ2n) is 5.03. The van der Waals surface area contributed by atoms with Crippen molar-refractivity contribution in [3.63, 3.8) is 0 Å². The van der Waals surface area contributed by atoms with Gasteiger partial charge < -0.3 is 30.1 Å². The predicted octanol–water partition coefficient (Wildman–Crippen LogP) is -0.269. The first-order valence-electron chi connectivity index (χ1n) is 6.47. The molecule has 1 aliphatic rings. The Hall–Kier alpha value is -1.22. The highest BCUT2D eigenvalue weighted by Gasteiger charge is 2.45. The topological polar surface area (TPSA) is 119 Å². The van der Waals surface area contributed by atoms with Crippen molar-refractivity contribution in [2.75, 3.05) is 6.61 Å². The van der Waals surface area contributed by atoms with E-state index in [0.717, 1.165) is 0 Å². The van der Waals surface area contributed by atoms with Gasteiger partial charge in [0.15, 0.2) is 0 Å². The van der Waals surface area contributed by atoms with Crippen molar-refractivity contribution in [2.24, 2.45) is 0 Å². The molecule has 3 rings (SSSR count). The van der Waals surface area contributed by atoms with Gasteiger partial charge in [-0.1, -0.05) is 11.6 Å². The average molecular weight is 315 g/mol. The van der Waals surface area contributed by atoms with Crippen molar-refractivity contribution in [3.8, 4) is 0 Å². The summed E-state index contributed by atoms with van der Waals surface area (Å²) in [5.41, 5.74) is 1.29. The molecule has 0 unspecified atom stereocenters. The van der Waals surface area contributed by atoms with Crippen LogP contribution in [0.4, 0.5) is 0 Å². The van der Waals surface area contributed by atoms with E-state index in [4.69, 9.17) is 16.3 Å². The molecule has 0 bridgehead atoms. The van der Waals surface area contributed by atoms with Gasteiger partial charge in [-0.2, -0.15) is 0 Å². The third kappa shape index (κ3) is 2.52. The molecule has 1 saturated heterocycles. The fourth-order valence-electron chi connectivity index (χ4n) is 2.46. The number of fused-ring (bicyclic) bond motifs is 1. The lowest BCUT2D eigenvalue weighted by molar-refractivity contribution is -0.233. The molecule has 114 valence electrons. The van der Waals surface area contributed by atoms with E-state index in [9.17, 15) is 20.4 Å². The van der Waals surface area contributed by atoms with E-state index < -0.39 is 37.1 Å². The molecule has 0 amide bonds. The van der Waals surface area contributed by atoms with Crippen molar-refractivity contribution in [2.45, 2.75) is 30.5 Å². The van der Waals surface area contributed by atoms with E-state index in [0.29, 0.717) is 21.9 Å². The van der Waals surface area contributed by atoms with Gasteiger partial charge in [-0.05, 0) is 18.2 Å². The van der Waals surface area contributed by atoms with Crippen LogP contribution in [-0.2, 0) is 4.74 Å². The van der Waals surface area contributed by atoms with E-state index in [1.807, 2.05) is 0 Å². The summed E-state index contributed by atoms with van der Waals surface area (Å²) in [5.74, 6) is 0.296. The van der Waals surface area contributed by atoms with Gasteiger partial charge in [0.1, 0.15) is 36.3 Å². The third-order valence-corrected chi connectivity index (χ3v) is 3.86. The van der Waals surface area contributed by atoms with Crippen LogP contribution in [0.25, 0.3) is 11.0 Å². The molecule has 21 heavy (non-hydrogen) atoms. The van der Waals surface area contributed by atoms with Gasteiger partial charge >= 0.3 is 0 Å². The fourth-order valence-corrected chi connectivity index (χ4v) is 2.64. The molecule has 2 aromatic rings.